The molecule has 0 bridgehead atoms. The lowest BCUT2D eigenvalue weighted by atomic mass is 9.97. The smallest absolute Gasteiger partial charge is 0.255 e. The van der Waals surface area contributed by atoms with Crippen LogP contribution in [0.5, 0.6) is 28.7 Å². The van der Waals surface area contributed by atoms with E-state index in [2.05, 4.69) is 15.8 Å². The van der Waals surface area contributed by atoms with Crippen molar-refractivity contribution < 1.29 is 53.4 Å². The Morgan fingerprint density at radius 3 is 2.04 bits per heavy atom. The number of rotatable bonds is 16. The van der Waals surface area contributed by atoms with Gasteiger partial charge >= 0.3 is 0 Å². The second-order valence-electron chi connectivity index (χ2n) is 12.1. The van der Waals surface area contributed by atoms with Crippen molar-refractivity contribution in [3.8, 4) is 51.3 Å². The van der Waals surface area contributed by atoms with Crippen LogP contribution < -0.4 is 34.3 Å². The highest BCUT2D eigenvalue weighted by Gasteiger charge is 2.26. The lowest BCUT2D eigenvalue weighted by molar-refractivity contribution is 0.0935. The number of hydrogen-bond acceptors (Lipinski definition) is 13. The number of nitrogens with zero attached hydrogens (tertiary/aromatic N) is 1. The first kappa shape index (κ1) is 37.0. The molecule has 53 heavy (non-hydrogen) atoms. The fraction of sp³-hybridized carbons (Fsp3) is 0.282. The molecular formula is C39H41N3O11. The number of aliphatic hydroxyl groups excluding tert-OH is 4. The van der Waals surface area contributed by atoms with Gasteiger partial charge in [-0.05, 0) is 76.9 Å². The van der Waals surface area contributed by atoms with Crippen LogP contribution in [0.2, 0.25) is 0 Å². The van der Waals surface area contributed by atoms with E-state index >= 15 is 0 Å². The number of aliphatic hydroxyl groups is 4. The molecule has 5 aromatic rings. The summed E-state index contributed by atoms with van der Waals surface area (Å²) in [6.45, 7) is -0.652. The van der Waals surface area contributed by atoms with Crippen LogP contribution in [0.25, 0.3) is 22.6 Å². The van der Waals surface area contributed by atoms with Gasteiger partial charge in [-0.1, -0.05) is 11.2 Å². The average Bonchev–Trinajstić information content (AvgIpc) is 3.70. The first-order chi connectivity index (χ1) is 25.8. The quantitative estimate of drug-likeness (QED) is 0.0767. The van der Waals surface area contributed by atoms with E-state index in [0.717, 1.165) is 5.56 Å². The van der Waals surface area contributed by atoms with Gasteiger partial charge in [0.1, 0.15) is 23.4 Å². The molecular weight excluding hydrogens is 686 g/mol. The number of nitrogens with one attached hydrogen (secondary N) is 2. The van der Waals surface area contributed by atoms with E-state index in [0.29, 0.717) is 97.9 Å². The molecule has 0 radical (unpaired) electrons. The van der Waals surface area contributed by atoms with Crippen molar-refractivity contribution in [1.82, 2.24) is 10.5 Å². The summed E-state index contributed by atoms with van der Waals surface area (Å²) < 4.78 is 34.2. The Hall–Kier alpha value is -5.80. The highest BCUT2D eigenvalue weighted by Crippen LogP contribution is 2.42. The minimum Gasteiger partial charge on any atom is -0.497 e. The summed E-state index contributed by atoms with van der Waals surface area (Å²) in [4.78, 5) is 12.8. The number of methoxy groups -OCH3 is 3. The first-order valence-electron chi connectivity index (χ1n) is 16.8. The van der Waals surface area contributed by atoms with Gasteiger partial charge in [0.05, 0.1) is 66.5 Å². The number of amides is 1. The molecule has 6 rings (SSSR count). The van der Waals surface area contributed by atoms with E-state index in [-0.39, 0.29) is 38.9 Å². The molecule has 1 aliphatic heterocycles. The molecule has 1 aromatic heterocycles. The Morgan fingerprint density at radius 2 is 1.40 bits per heavy atom. The normalized spacial score (nSPS) is 13.5. The Kier molecular flexibility index (Phi) is 11.6. The van der Waals surface area contributed by atoms with E-state index in [1.54, 1.807) is 67.8 Å². The van der Waals surface area contributed by atoms with Crippen molar-refractivity contribution in [2.45, 2.75) is 39.0 Å². The maximum atomic E-state index is 12.8. The number of hydrogen-bond donors (Lipinski definition) is 6. The standard InChI is InChI=1S/C39H41N3O11/c1-48-28-6-7-31-29(16-28)39(47)41-38(40-31)22-5-8-33(27(11-22)20-45)51-9-4-10-52-37-35(49-2)14-23(15-36(37)50-3)32-17-34(53-42-32)24-12-25(18-43)30(21-46)26(13-24)19-44/h5-8,11-17,38,40,43-46H,4,9-10,18-21H2,1-3H3,(H,41,47). The summed E-state index contributed by atoms with van der Waals surface area (Å²) in [5.74, 6) is 2.47. The summed E-state index contributed by atoms with van der Waals surface area (Å²) in [6, 6.07) is 19.2. The molecule has 0 saturated heterocycles. The largest absolute Gasteiger partial charge is 0.497 e. The van der Waals surface area contributed by atoms with Crippen LogP contribution >= 0.6 is 0 Å². The maximum Gasteiger partial charge on any atom is 0.255 e. The Balaban J connectivity index is 1.09. The molecule has 4 aromatic carbocycles. The number of ether oxygens (including phenoxy) is 5. The monoisotopic (exact) mass is 727 g/mol. The van der Waals surface area contributed by atoms with Gasteiger partial charge in [-0.2, -0.15) is 0 Å². The van der Waals surface area contributed by atoms with Gasteiger partial charge in [-0.3, -0.25) is 4.79 Å². The Morgan fingerprint density at radius 1 is 0.698 bits per heavy atom. The highest BCUT2D eigenvalue weighted by atomic mass is 16.5. The van der Waals surface area contributed by atoms with Crippen molar-refractivity contribution >= 4 is 11.6 Å². The predicted molar refractivity (Wildman–Crippen MR) is 193 cm³/mol. The number of carbonyl (C=O) groups excluding carboxylic acids is 1. The van der Waals surface area contributed by atoms with Crippen LogP contribution in [0, 0.1) is 0 Å². The van der Waals surface area contributed by atoms with Crippen LogP contribution in [-0.4, -0.2) is 66.0 Å². The third-order valence-corrected chi connectivity index (χ3v) is 8.91. The Bertz CT molecular complexity index is 2030. The third-order valence-electron chi connectivity index (χ3n) is 8.91. The Labute approximate surface area is 305 Å². The zero-order chi connectivity index (χ0) is 37.5. The molecule has 14 heteroatoms. The summed E-state index contributed by atoms with van der Waals surface area (Å²) in [6.07, 6.45) is -0.00193. The van der Waals surface area contributed by atoms with Crippen molar-refractivity contribution in [2.24, 2.45) is 0 Å². The second-order valence-corrected chi connectivity index (χ2v) is 12.1. The van der Waals surface area contributed by atoms with Crippen LogP contribution in [0.15, 0.2) is 71.3 Å². The van der Waals surface area contributed by atoms with Crippen molar-refractivity contribution in [1.29, 1.82) is 0 Å². The summed E-state index contributed by atoms with van der Waals surface area (Å²) >= 11 is 0. The molecule has 278 valence electrons. The molecule has 6 N–H and O–H groups in total. The fourth-order valence-corrected chi connectivity index (χ4v) is 6.13. The zero-order valence-corrected chi connectivity index (χ0v) is 29.5. The SMILES string of the molecule is COc1ccc2c(c1)C(=O)NC(c1ccc(OCCCOc3c(OC)cc(-c4cc(-c5cc(CO)c(CO)c(CO)c5)on4)cc3OC)c(CO)c1)N2. The van der Waals surface area contributed by atoms with Gasteiger partial charge in [-0.15, -0.1) is 0 Å². The van der Waals surface area contributed by atoms with E-state index in [9.17, 15) is 25.2 Å². The van der Waals surface area contributed by atoms with Crippen molar-refractivity contribution in [3.05, 3.63) is 100 Å². The third kappa shape index (κ3) is 7.85. The number of aromatic nitrogens is 1. The van der Waals surface area contributed by atoms with Gasteiger partial charge in [0.25, 0.3) is 5.91 Å². The lowest BCUT2D eigenvalue weighted by Gasteiger charge is -2.29. The molecule has 0 saturated carbocycles. The van der Waals surface area contributed by atoms with Crippen LogP contribution in [0.3, 0.4) is 0 Å². The van der Waals surface area contributed by atoms with Crippen molar-refractivity contribution in [2.75, 3.05) is 39.9 Å². The minimum absolute atomic E-state index is 0.235. The average molecular weight is 728 g/mol. The van der Waals surface area contributed by atoms with E-state index in [1.807, 2.05) is 6.07 Å². The molecule has 0 aliphatic carbocycles. The van der Waals surface area contributed by atoms with E-state index < -0.39 is 6.17 Å². The van der Waals surface area contributed by atoms with Gasteiger partial charge in [-0.25, -0.2) is 0 Å². The molecule has 14 nitrogen and oxygen atoms in total. The maximum absolute atomic E-state index is 12.8. The first-order valence-corrected chi connectivity index (χ1v) is 16.8. The summed E-state index contributed by atoms with van der Waals surface area (Å²) in [5, 5.41) is 49.9. The van der Waals surface area contributed by atoms with Gasteiger partial charge in [0, 0.05) is 34.9 Å². The predicted octanol–water partition coefficient (Wildman–Crippen LogP) is 4.71. The summed E-state index contributed by atoms with van der Waals surface area (Å²) in [5.41, 5.74) is 5.62. The molecule has 1 amide bonds. The van der Waals surface area contributed by atoms with Gasteiger partial charge in [0.2, 0.25) is 5.75 Å². The van der Waals surface area contributed by atoms with Crippen LogP contribution in [0.4, 0.5) is 5.69 Å². The number of anilines is 1. The molecule has 2 heterocycles. The minimum atomic E-state index is -0.497. The second kappa shape index (κ2) is 16.7. The van der Waals surface area contributed by atoms with Crippen LogP contribution in [0.1, 0.15) is 50.8 Å². The molecule has 1 atom stereocenters. The fourth-order valence-electron chi connectivity index (χ4n) is 6.13. The zero-order valence-electron chi connectivity index (χ0n) is 29.5. The molecule has 0 spiro atoms. The van der Waals surface area contributed by atoms with Gasteiger partial charge in [0.15, 0.2) is 17.3 Å². The van der Waals surface area contributed by atoms with Gasteiger partial charge < -0.3 is 59.3 Å². The van der Waals surface area contributed by atoms with Crippen molar-refractivity contribution in [3.63, 3.8) is 0 Å². The number of fused-ring (bicyclic) bond motifs is 1. The highest BCUT2D eigenvalue weighted by molar-refractivity contribution is 6.02. The molecule has 1 aliphatic rings. The number of carbonyl (C=O) groups is 1. The lowest BCUT2D eigenvalue weighted by Crippen LogP contribution is -2.38. The van der Waals surface area contributed by atoms with E-state index in [1.165, 1.54) is 14.2 Å². The molecule has 1 unspecified atom stereocenters. The summed E-state index contributed by atoms with van der Waals surface area (Å²) in [7, 11) is 4.58. The van der Waals surface area contributed by atoms with Crippen LogP contribution in [-0.2, 0) is 26.4 Å². The topological polar surface area (TPSA) is 194 Å². The van der Waals surface area contributed by atoms with E-state index in [4.69, 9.17) is 28.2 Å². The molecule has 0 fully saturated rings. The number of benzene rings is 4.